The molecule has 3 nitrogen and oxygen atoms in total. The summed E-state index contributed by atoms with van der Waals surface area (Å²) in [6.07, 6.45) is 2.83. The smallest absolute Gasteiger partial charge is 0.320 e. The van der Waals surface area contributed by atoms with Crippen molar-refractivity contribution in [2.24, 2.45) is 11.8 Å². The Kier molecular flexibility index (Phi) is 8.23. The Morgan fingerprint density at radius 1 is 1.06 bits per heavy atom. The molecule has 1 unspecified atom stereocenters. The Balaban J connectivity index is 4.40. The van der Waals surface area contributed by atoms with E-state index >= 15 is 0 Å². The third-order valence-electron chi connectivity index (χ3n) is 3.10. The lowest BCUT2D eigenvalue weighted by Crippen LogP contribution is -2.42. The second-order valence-corrected chi connectivity index (χ2v) is 5.66. The fourth-order valence-corrected chi connectivity index (χ4v) is 1.86. The lowest BCUT2D eigenvalue weighted by molar-refractivity contribution is -0.143. The standard InChI is InChI=1S/C14H29NO2/c1-6-13(14(16)17)15(9-7-11(2)3)10-8-12(4)5/h11-13H,6-10H2,1-5H3,(H,16,17). The molecular weight excluding hydrogens is 214 g/mol. The molecule has 0 aromatic carbocycles. The van der Waals surface area contributed by atoms with Crippen molar-refractivity contribution in [2.75, 3.05) is 13.1 Å². The molecule has 0 aromatic rings. The van der Waals surface area contributed by atoms with E-state index in [-0.39, 0.29) is 6.04 Å². The number of hydrogen-bond donors (Lipinski definition) is 1. The summed E-state index contributed by atoms with van der Waals surface area (Å²) in [6, 6.07) is -0.313. The number of carboxylic acids is 1. The minimum Gasteiger partial charge on any atom is -0.480 e. The molecule has 0 heterocycles. The van der Waals surface area contributed by atoms with Crippen LogP contribution in [-0.4, -0.2) is 35.1 Å². The van der Waals surface area contributed by atoms with Gasteiger partial charge in [0.05, 0.1) is 0 Å². The van der Waals surface area contributed by atoms with Gasteiger partial charge in [0.2, 0.25) is 0 Å². The van der Waals surface area contributed by atoms with E-state index in [1.54, 1.807) is 0 Å². The molecule has 0 aliphatic rings. The molecule has 0 bridgehead atoms. The van der Waals surface area contributed by atoms with E-state index in [9.17, 15) is 9.90 Å². The van der Waals surface area contributed by atoms with Gasteiger partial charge < -0.3 is 5.11 Å². The van der Waals surface area contributed by atoms with E-state index in [4.69, 9.17) is 0 Å². The molecule has 1 N–H and O–H groups in total. The van der Waals surface area contributed by atoms with Crippen molar-refractivity contribution in [2.45, 2.75) is 59.9 Å². The highest BCUT2D eigenvalue weighted by Crippen LogP contribution is 2.12. The Labute approximate surface area is 106 Å². The molecule has 0 aliphatic heterocycles. The van der Waals surface area contributed by atoms with Crippen molar-refractivity contribution in [1.29, 1.82) is 0 Å². The molecule has 0 aliphatic carbocycles. The predicted molar refractivity (Wildman–Crippen MR) is 72.2 cm³/mol. The van der Waals surface area contributed by atoms with Gasteiger partial charge in [-0.3, -0.25) is 9.69 Å². The Hall–Kier alpha value is -0.570. The van der Waals surface area contributed by atoms with Crippen LogP contribution in [0.1, 0.15) is 53.9 Å². The Morgan fingerprint density at radius 2 is 1.47 bits per heavy atom. The van der Waals surface area contributed by atoms with Gasteiger partial charge >= 0.3 is 5.97 Å². The van der Waals surface area contributed by atoms with Crippen LogP contribution in [-0.2, 0) is 4.79 Å². The summed E-state index contributed by atoms with van der Waals surface area (Å²) in [6.45, 7) is 12.5. The highest BCUT2D eigenvalue weighted by molar-refractivity contribution is 5.73. The van der Waals surface area contributed by atoms with Crippen molar-refractivity contribution in [3.05, 3.63) is 0 Å². The number of nitrogens with zero attached hydrogens (tertiary/aromatic N) is 1. The zero-order valence-corrected chi connectivity index (χ0v) is 12.1. The zero-order chi connectivity index (χ0) is 13.4. The molecule has 0 saturated carbocycles. The SMILES string of the molecule is CCC(C(=O)O)N(CCC(C)C)CCC(C)C. The molecule has 17 heavy (non-hydrogen) atoms. The van der Waals surface area contributed by atoms with Gasteiger partial charge in [-0.05, 0) is 44.2 Å². The summed E-state index contributed by atoms with van der Waals surface area (Å²) in [5.41, 5.74) is 0. The van der Waals surface area contributed by atoms with Crippen LogP contribution in [0.15, 0.2) is 0 Å². The van der Waals surface area contributed by atoms with Crippen LogP contribution < -0.4 is 0 Å². The molecule has 0 aromatic heterocycles. The highest BCUT2D eigenvalue weighted by atomic mass is 16.4. The van der Waals surface area contributed by atoms with E-state index in [1.807, 2.05) is 6.92 Å². The second kappa shape index (κ2) is 8.51. The van der Waals surface area contributed by atoms with Crippen LogP contribution >= 0.6 is 0 Å². The average molecular weight is 243 g/mol. The molecular formula is C14H29NO2. The Bertz CT molecular complexity index is 202. The molecule has 0 amide bonds. The number of hydrogen-bond acceptors (Lipinski definition) is 2. The number of rotatable bonds is 9. The normalized spacial score (nSPS) is 13.6. The van der Waals surface area contributed by atoms with Crippen molar-refractivity contribution in [3.8, 4) is 0 Å². The first-order valence-corrected chi connectivity index (χ1v) is 6.85. The first-order valence-electron chi connectivity index (χ1n) is 6.85. The van der Waals surface area contributed by atoms with Crippen molar-refractivity contribution in [3.63, 3.8) is 0 Å². The lowest BCUT2D eigenvalue weighted by atomic mass is 10.1. The first kappa shape index (κ1) is 16.4. The molecule has 1 atom stereocenters. The minimum atomic E-state index is -0.681. The number of aliphatic carboxylic acids is 1. The maximum Gasteiger partial charge on any atom is 0.320 e. The predicted octanol–water partition coefficient (Wildman–Crippen LogP) is 3.24. The summed E-state index contributed by atoms with van der Waals surface area (Å²) in [7, 11) is 0. The van der Waals surface area contributed by atoms with E-state index in [1.165, 1.54) is 0 Å². The van der Waals surface area contributed by atoms with Crippen molar-refractivity contribution >= 4 is 5.97 Å². The summed E-state index contributed by atoms with van der Waals surface area (Å²) < 4.78 is 0. The third kappa shape index (κ3) is 7.37. The molecule has 3 heteroatoms. The van der Waals surface area contributed by atoms with Gasteiger partial charge in [0.15, 0.2) is 0 Å². The molecule has 0 spiro atoms. The molecule has 102 valence electrons. The number of carbonyl (C=O) groups is 1. The summed E-state index contributed by atoms with van der Waals surface area (Å²) in [5, 5.41) is 9.23. The van der Waals surface area contributed by atoms with Crippen LogP contribution in [0.5, 0.6) is 0 Å². The van der Waals surface area contributed by atoms with E-state index in [0.717, 1.165) is 25.9 Å². The maximum absolute atomic E-state index is 11.2. The van der Waals surface area contributed by atoms with Crippen LogP contribution in [0.2, 0.25) is 0 Å². The summed E-state index contributed by atoms with van der Waals surface area (Å²) in [5.74, 6) is 0.575. The van der Waals surface area contributed by atoms with Gasteiger partial charge in [-0.1, -0.05) is 34.6 Å². The van der Waals surface area contributed by atoms with Crippen LogP contribution in [0, 0.1) is 11.8 Å². The fraction of sp³-hybridized carbons (Fsp3) is 0.929. The Morgan fingerprint density at radius 3 is 1.71 bits per heavy atom. The van der Waals surface area contributed by atoms with Gasteiger partial charge in [0, 0.05) is 0 Å². The maximum atomic E-state index is 11.2. The number of carboxylic acid groups (broad SMARTS) is 1. The van der Waals surface area contributed by atoms with Gasteiger partial charge in [-0.15, -0.1) is 0 Å². The average Bonchev–Trinajstić information content (AvgIpc) is 2.21. The molecule has 0 saturated heterocycles. The largest absolute Gasteiger partial charge is 0.480 e. The van der Waals surface area contributed by atoms with Crippen molar-refractivity contribution in [1.82, 2.24) is 4.90 Å². The molecule has 0 rings (SSSR count). The summed E-state index contributed by atoms with van der Waals surface area (Å²) in [4.78, 5) is 13.4. The van der Waals surface area contributed by atoms with E-state index in [0.29, 0.717) is 18.3 Å². The first-order chi connectivity index (χ1) is 7.88. The van der Waals surface area contributed by atoms with Gasteiger partial charge in [-0.2, -0.15) is 0 Å². The van der Waals surface area contributed by atoms with E-state index < -0.39 is 5.97 Å². The van der Waals surface area contributed by atoms with Crippen LogP contribution in [0.4, 0.5) is 0 Å². The minimum absolute atomic E-state index is 0.313. The van der Waals surface area contributed by atoms with Gasteiger partial charge in [-0.25, -0.2) is 0 Å². The quantitative estimate of drug-likeness (QED) is 0.676. The molecule has 0 radical (unpaired) electrons. The summed E-state index contributed by atoms with van der Waals surface area (Å²) >= 11 is 0. The fourth-order valence-electron chi connectivity index (χ4n) is 1.86. The van der Waals surface area contributed by atoms with Gasteiger partial charge in [0.1, 0.15) is 6.04 Å². The third-order valence-corrected chi connectivity index (χ3v) is 3.10. The van der Waals surface area contributed by atoms with Crippen LogP contribution in [0.3, 0.4) is 0 Å². The zero-order valence-electron chi connectivity index (χ0n) is 12.1. The topological polar surface area (TPSA) is 40.5 Å². The second-order valence-electron chi connectivity index (χ2n) is 5.66. The van der Waals surface area contributed by atoms with Crippen LogP contribution in [0.25, 0.3) is 0 Å². The van der Waals surface area contributed by atoms with Crippen molar-refractivity contribution < 1.29 is 9.90 Å². The lowest BCUT2D eigenvalue weighted by Gasteiger charge is -2.29. The van der Waals surface area contributed by atoms with Gasteiger partial charge in [0.25, 0.3) is 0 Å². The van der Waals surface area contributed by atoms with E-state index in [2.05, 4.69) is 32.6 Å². The molecule has 0 fully saturated rings. The monoisotopic (exact) mass is 243 g/mol. The highest BCUT2D eigenvalue weighted by Gasteiger charge is 2.23.